The van der Waals surface area contributed by atoms with Crippen molar-refractivity contribution in [3.05, 3.63) is 33.1 Å². The Labute approximate surface area is 99.4 Å². The highest BCUT2D eigenvalue weighted by Gasteiger charge is 2.11. The molecule has 0 saturated carbocycles. The second-order valence-corrected chi connectivity index (χ2v) is 6.15. The van der Waals surface area contributed by atoms with Crippen LogP contribution in [0.5, 0.6) is 0 Å². The molecule has 0 saturated heterocycles. The van der Waals surface area contributed by atoms with Gasteiger partial charge in [0.15, 0.2) is 9.84 Å². The number of sulfone groups is 1. The van der Waals surface area contributed by atoms with E-state index in [-0.39, 0.29) is 18.1 Å². The summed E-state index contributed by atoms with van der Waals surface area (Å²) in [5.41, 5.74) is -0.969. The minimum absolute atomic E-state index is 0.0783. The van der Waals surface area contributed by atoms with Gasteiger partial charge in [-0.05, 0) is 6.42 Å². The first kappa shape index (κ1) is 13.7. The van der Waals surface area contributed by atoms with Crippen molar-refractivity contribution in [1.82, 2.24) is 9.13 Å². The first-order chi connectivity index (χ1) is 7.87. The molecule has 1 heterocycles. The van der Waals surface area contributed by atoms with Crippen LogP contribution >= 0.6 is 0 Å². The van der Waals surface area contributed by atoms with Crippen molar-refractivity contribution in [3.8, 4) is 0 Å². The molecule has 1 aromatic rings. The molecule has 0 fully saturated rings. The zero-order valence-electron chi connectivity index (χ0n) is 9.92. The van der Waals surface area contributed by atoms with Crippen molar-refractivity contribution in [2.24, 2.45) is 7.05 Å². The van der Waals surface area contributed by atoms with Crippen LogP contribution in [0.3, 0.4) is 0 Å². The molecule has 0 aliphatic heterocycles. The summed E-state index contributed by atoms with van der Waals surface area (Å²) in [7, 11) is -1.67. The Bertz CT molecular complexity index is 597. The molecule has 6 nitrogen and oxygen atoms in total. The van der Waals surface area contributed by atoms with E-state index in [2.05, 4.69) is 0 Å². The van der Waals surface area contributed by atoms with E-state index < -0.39 is 21.1 Å². The summed E-state index contributed by atoms with van der Waals surface area (Å²) in [5, 5.41) is 0. The van der Waals surface area contributed by atoms with Gasteiger partial charge in [-0.15, -0.1) is 0 Å². The maximum Gasteiger partial charge on any atom is 0.330 e. The fourth-order valence-corrected chi connectivity index (χ4v) is 2.75. The van der Waals surface area contributed by atoms with Crippen LogP contribution in [0.25, 0.3) is 0 Å². The number of hydrogen-bond acceptors (Lipinski definition) is 4. The molecule has 0 radical (unpaired) electrons. The quantitative estimate of drug-likeness (QED) is 0.706. The first-order valence-electron chi connectivity index (χ1n) is 5.34. The van der Waals surface area contributed by atoms with E-state index in [9.17, 15) is 18.0 Å². The molecule has 0 spiro atoms. The monoisotopic (exact) mass is 260 g/mol. The molecule has 0 aromatic carbocycles. The Morgan fingerprint density at radius 2 is 1.88 bits per heavy atom. The number of rotatable bonds is 5. The standard InChI is InChI=1S/C10H16N2O4S/c1-3-7-17(15,16)8-6-12-9(13)4-5-11(2)10(12)14/h4-5H,3,6-8H2,1-2H3. The van der Waals surface area contributed by atoms with Crippen LogP contribution in [0.4, 0.5) is 0 Å². The number of aromatic nitrogens is 2. The third-order valence-corrected chi connectivity index (χ3v) is 4.22. The Morgan fingerprint density at radius 1 is 1.24 bits per heavy atom. The Morgan fingerprint density at radius 3 is 2.47 bits per heavy atom. The summed E-state index contributed by atoms with van der Waals surface area (Å²) in [4.78, 5) is 23.0. The van der Waals surface area contributed by atoms with Crippen LogP contribution in [0, 0.1) is 0 Å². The van der Waals surface area contributed by atoms with Crippen LogP contribution in [0.2, 0.25) is 0 Å². The molecule has 1 aromatic heterocycles. The van der Waals surface area contributed by atoms with Gasteiger partial charge < -0.3 is 4.57 Å². The molecular weight excluding hydrogens is 244 g/mol. The van der Waals surface area contributed by atoms with E-state index in [0.717, 1.165) is 4.57 Å². The Balaban J connectivity index is 2.95. The molecule has 0 N–H and O–H groups in total. The van der Waals surface area contributed by atoms with Crippen molar-refractivity contribution in [3.63, 3.8) is 0 Å². The lowest BCUT2D eigenvalue weighted by atomic mass is 10.6. The second kappa shape index (κ2) is 5.31. The second-order valence-electron chi connectivity index (χ2n) is 3.85. The van der Waals surface area contributed by atoms with Gasteiger partial charge in [-0.25, -0.2) is 13.2 Å². The summed E-state index contributed by atoms with van der Waals surface area (Å²) in [5.74, 6) is -0.102. The minimum Gasteiger partial charge on any atom is -0.303 e. The molecule has 0 unspecified atom stereocenters. The van der Waals surface area contributed by atoms with Crippen molar-refractivity contribution in [2.45, 2.75) is 19.9 Å². The highest BCUT2D eigenvalue weighted by Crippen LogP contribution is 1.94. The van der Waals surface area contributed by atoms with E-state index in [0.29, 0.717) is 6.42 Å². The smallest absolute Gasteiger partial charge is 0.303 e. The van der Waals surface area contributed by atoms with Gasteiger partial charge in [0.1, 0.15) is 0 Å². The molecular formula is C10H16N2O4S. The number of nitrogens with zero attached hydrogens (tertiary/aromatic N) is 2. The van der Waals surface area contributed by atoms with Gasteiger partial charge in [0, 0.05) is 31.6 Å². The van der Waals surface area contributed by atoms with Crippen molar-refractivity contribution < 1.29 is 8.42 Å². The first-order valence-corrected chi connectivity index (χ1v) is 7.16. The Kier molecular flexibility index (Phi) is 4.28. The molecule has 7 heteroatoms. The molecule has 0 amide bonds. The SMILES string of the molecule is CCCS(=O)(=O)CCn1c(=O)ccn(C)c1=O. The summed E-state index contributed by atoms with van der Waals surface area (Å²) < 4.78 is 25.2. The Hall–Kier alpha value is -1.37. The maximum absolute atomic E-state index is 11.6. The average Bonchev–Trinajstić information content (AvgIpc) is 2.23. The lowest BCUT2D eigenvalue weighted by Gasteiger charge is -2.06. The van der Waals surface area contributed by atoms with E-state index in [1.54, 1.807) is 6.92 Å². The summed E-state index contributed by atoms with van der Waals surface area (Å²) in [6, 6.07) is 1.24. The third kappa shape index (κ3) is 3.55. The van der Waals surface area contributed by atoms with E-state index >= 15 is 0 Å². The fraction of sp³-hybridized carbons (Fsp3) is 0.600. The molecule has 0 aliphatic rings. The summed E-state index contributed by atoms with van der Waals surface area (Å²) in [6.07, 6.45) is 1.89. The van der Waals surface area contributed by atoms with Gasteiger partial charge in [-0.3, -0.25) is 9.36 Å². The predicted molar refractivity (Wildman–Crippen MR) is 64.9 cm³/mol. The largest absolute Gasteiger partial charge is 0.330 e. The maximum atomic E-state index is 11.6. The van der Waals surface area contributed by atoms with Crippen molar-refractivity contribution in [2.75, 3.05) is 11.5 Å². The lowest BCUT2D eigenvalue weighted by molar-refractivity contribution is 0.575. The highest BCUT2D eigenvalue weighted by molar-refractivity contribution is 7.91. The van der Waals surface area contributed by atoms with Gasteiger partial charge in [0.2, 0.25) is 0 Å². The van der Waals surface area contributed by atoms with Gasteiger partial charge in [-0.1, -0.05) is 6.92 Å². The van der Waals surface area contributed by atoms with Gasteiger partial charge in [-0.2, -0.15) is 0 Å². The molecule has 0 atom stereocenters. The molecule has 17 heavy (non-hydrogen) atoms. The normalized spacial score (nSPS) is 11.6. The minimum atomic E-state index is -3.18. The van der Waals surface area contributed by atoms with Crippen LogP contribution in [-0.2, 0) is 23.4 Å². The average molecular weight is 260 g/mol. The lowest BCUT2D eigenvalue weighted by Crippen LogP contribution is -2.39. The van der Waals surface area contributed by atoms with Crippen LogP contribution in [-0.4, -0.2) is 29.1 Å². The van der Waals surface area contributed by atoms with Crippen molar-refractivity contribution in [1.29, 1.82) is 0 Å². The van der Waals surface area contributed by atoms with Crippen molar-refractivity contribution >= 4 is 9.84 Å². The highest BCUT2D eigenvalue weighted by atomic mass is 32.2. The van der Waals surface area contributed by atoms with Gasteiger partial charge >= 0.3 is 5.69 Å². The van der Waals surface area contributed by atoms with Crippen LogP contribution < -0.4 is 11.2 Å². The zero-order valence-corrected chi connectivity index (χ0v) is 10.7. The topological polar surface area (TPSA) is 78.1 Å². The van der Waals surface area contributed by atoms with E-state index in [4.69, 9.17) is 0 Å². The molecule has 96 valence electrons. The molecule has 0 bridgehead atoms. The zero-order chi connectivity index (χ0) is 13.1. The van der Waals surface area contributed by atoms with Crippen LogP contribution in [0.15, 0.2) is 21.9 Å². The van der Waals surface area contributed by atoms with E-state index in [1.165, 1.54) is 23.9 Å². The van der Waals surface area contributed by atoms with Gasteiger partial charge in [0.25, 0.3) is 5.56 Å². The van der Waals surface area contributed by atoms with E-state index in [1.807, 2.05) is 0 Å². The van der Waals surface area contributed by atoms with Gasteiger partial charge in [0.05, 0.1) is 5.75 Å². The predicted octanol–water partition coefficient (Wildman–Crippen LogP) is -0.628. The summed E-state index contributed by atoms with van der Waals surface area (Å²) >= 11 is 0. The fourth-order valence-electron chi connectivity index (χ4n) is 1.46. The van der Waals surface area contributed by atoms with Crippen LogP contribution in [0.1, 0.15) is 13.3 Å². The molecule has 0 aliphatic carbocycles. The number of hydrogen-bond donors (Lipinski definition) is 0. The molecule has 1 rings (SSSR count). The third-order valence-electron chi connectivity index (χ3n) is 2.38. The summed E-state index contributed by atoms with van der Waals surface area (Å²) in [6.45, 7) is 1.68. The number of aryl methyl sites for hydroxylation is 1.